The fourth-order valence-corrected chi connectivity index (χ4v) is 3.54. The van der Waals surface area contributed by atoms with E-state index < -0.39 is 0 Å². The van der Waals surface area contributed by atoms with Crippen molar-refractivity contribution in [3.8, 4) is 0 Å². The second-order valence-corrected chi connectivity index (χ2v) is 6.35. The Kier molecular flexibility index (Phi) is 5.48. The standard InChI is InChI=1S/C14H19BrClFN2/c1-19-7-3-2-4-11(19)5-6-18-14-12(15)8-10(17)9-13(14)16/h8-9,11,18H,2-7H2,1H3. The van der Waals surface area contributed by atoms with Gasteiger partial charge in [-0.05, 0) is 60.9 Å². The van der Waals surface area contributed by atoms with Crippen molar-refractivity contribution in [3.05, 3.63) is 27.4 Å². The predicted molar refractivity (Wildman–Crippen MR) is 82.5 cm³/mol. The highest BCUT2D eigenvalue weighted by Crippen LogP contribution is 2.31. The molecule has 0 spiro atoms. The van der Waals surface area contributed by atoms with Crippen molar-refractivity contribution in [1.82, 2.24) is 4.90 Å². The van der Waals surface area contributed by atoms with Crippen LogP contribution in [0.15, 0.2) is 16.6 Å². The van der Waals surface area contributed by atoms with Crippen LogP contribution in [0.5, 0.6) is 0 Å². The van der Waals surface area contributed by atoms with Crippen LogP contribution in [0.2, 0.25) is 5.02 Å². The molecule has 1 aromatic carbocycles. The Morgan fingerprint density at radius 2 is 2.26 bits per heavy atom. The van der Waals surface area contributed by atoms with Crippen LogP contribution in [0.1, 0.15) is 25.7 Å². The minimum Gasteiger partial charge on any atom is -0.383 e. The van der Waals surface area contributed by atoms with Crippen LogP contribution in [0.25, 0.3) is 0 Å². The number of halogens is 3. The van der Waals surface area contributed by atoms with Gasteiger partial charge in [0.15, 0.2) is 0 Å². The number of nitrogens with zero attached hydrogens (tertiary/aromatic N) is 1. The Bertz CT molecular complexity index is 418. The molecule has 1 heterocycles. The van der Waals surface area contributed by atoms with Gasteiger partial charge in [-0.15, -0.1) is 0 Å². The number of benzene rings is 1. The Hall–Kier alpha value is -0.320. The zero-order chi connectivity index (χ0) is 13.8. The molecule has 1 aliphatic heterocycles. The van der Waals surface area contributed by atoms with Crippen LogP contribution in [0.4, 0.5) is 10.1 Å². The van der Waals surface area contributed by atoms with Gasteiger partial charge in [0.05, 0.1) is 10.7 Å². The highest BCUT2D eigenvalue weighted by Gasteiger charge is 2.18. The van der Waals surface area contributed by atoms with Gasteiger partial charge in [0.2, 0.25) is 0 Å². The molecule has 1 aliphatic rings. The quantitative estimate of drug-likeness (QED) is 0.859. The van der Waals surface area contributed by atoms with Gasteiger partial charge < -0.3 is 10.2 Å². The molecule has 0 bridgehead atoms. The molecule has 1 unspecified atom stereocenters. The maximum absolute atomic E-state index is 13.1. The predicted octanol–water partition coefficient (Wildman–Crippen LogP) is 4.53. The third-order valence-corrected chi connectivity index (χ3v) is 4.63. The zero-order valence-electron chi connectivity index (χ0n) is 11.1. The van der Waals surface area contributed by atoms with Crippen molar-refractivity contribution in [3.63, 3.8) is 0 Å². The average molecular weight is 350 g/mol. The van der Waals surface area contributed by atoms with E-state index in [1.165, 1.54) is 37.9 Å². The lowest BCUT2D eigenvalue weighted by Gasteiger charge is -2.32. The van der Waals surface area contributed by atoms with Crippen LogP contribution < -0.4 is 5.32 Å². The van der Waals surface area contributed by atoms with E-state index in [2.05, 4.69) is 33.2 Å². The van der Waals surface area contributed by atoms with Crippen LogP contribution >= 0.6 is 27.5 Å². The summed E-state index contributed by atoms with van der Waals surface area (Å²) in [6.07, 6.45) is 4.96. The Morgan fingerprint density at radius 1 is 1.47 bits per heavy atom. The van der Waals surface area contributed by atoms with E-state index in [-0.39, 0.29) is 5.82 Å². The molecule has 1 atom stereocenters. The summed E-state index contributed by atoms with van der Waals surface area (Å²) in [5.41, 5.74) is 0.779. The van der Waals surface area contributed by atoms with Crippen molar-refractivity contribution in [2.24, 2.45) is 0 Å². The van der Waals surface area contributed by atoms with Crippen LogP contribution in [0.3, 0.4) is 0 Å². The molecule has 1 saturated heterocycles. The summed E-state index contributed by atoms with van der Waals surface area (Å²) in [7, 11) is 2.19. The molecule has 106 valence electrons. The van der Waals surface area contributed by atoms with E-state index in [1.807, 2.05) is 0 Å². The second-order valence-electron chi connectivity index (χ2n) is 5.09. The van der Waals surface area contributed by atoms with Gasteiger partial charge in [-0.1, -0.05) is 18.0 Å². The molecule has 2 rings (SSSR count). The molecule has 1 N–H and O–H groups in total. The molecule has 0 amide bonds. The number of hydrogen-bond donors (Lipinski definition) is 1. The van der Waals surface area contributed by atoms with Crippen LogP contribution in [-0.4, -0.2) is 31.1 Å². The maximum atomic E-state index is 13.1. The number of hydrogen-bond acceptors (Lipinski definition) is 2. The maximum Gasteiger partial charge on any atom is 0.125 e. The first-order valence-electron chi connectivity index (χ1n) is 6.66. The number of nitrogens with one attached hydrogen (secondary N) is 1. The topological polar surface area (TPSA) is 15.3 Å². The summed E-state index contributed by atoms with van der Waals surface area (Å²) >= 11 is 9.38. The van der Waals surface area contributed by atoms with E-state index in [9.17, 15) is 4.39 Å². The van der Waals surface area contributed by atoms with Crippen molar-refractivity contribution >= 4 is 33.2 Å². The highest BCUT2D eigenvalue weighted by atomic mass is 79.9. The van der Waals surface area contributed by atoms with Gasteiger partial charge in [-0.3, -0.25) is 0 Å². The second kappa shape index (κ2) is 6.91. The number of anilines is 1. The first-order valence-corrected chi connectivity index (χ1v) is 7.83. The summed E-state index contributed by atoms with van der Waals surface area (Å²) < 4.78 is 13.8. The lowest BCUT2D eigenvalue weighted by Crippen LogP contribution is -2.37. The number of likely N-dealkylation sites (tertiary alicyclic amines) is 1. The molecule has 1 fully saturated rings. The number of piperidine rings is 1. The normalized spacial score (nSPS) is 20.5. The third kappa shape index (κ3) is 4.07. The lowest BCUT2D eigenvalue weighted by atomic mass is 10.0. The number of rotatable bonds is 4. The molecule has 19 heavy (non-hydrogen) atoms. The van der Waals surface area contributed by atoms with Crippen LogP contribution in [-0.2, 0) is 0 Å². The van der Waals surface area contributed by atoms with Gasteiger partial charge in [0, 0.05) is 17.1 Å². The van der Waals surface area contributed by atoms with Gasteiger partial charge in [0.1, 0.15) is 5.82 Å². The highest BCUT2D eigenvalue weighted by molar-refractivity contribution is 9.10. The lowest BCUT2D eigenvalue weighted by molar-refractivity contribution is 0.179. The van der Waals surface area contributed by atoms with Gasteiger partial charge in [0.25, 0.3) is 0 Å². The molecule has 0 aliphatic carbocycles. The van der Waals surface area contributed by atoms with Crippen molar-refractivity contribution in [1.29, 1.82) is 0 Å². The summed E-state index contributed by atoms with van der Waals surface area (Å²) in [6, 6.07) is 3.40. The average Bonchev–Trinajstić information content (AvgIpc) is 2.34. The van der Waals surface area contributed by atoms with Gasteiger partial charge in [-0.2, -0.15) is 0 Å². The Morgan fingerprint density at radius 3 is 2.95 bits per heavy atom. The molecular weight excluding hydrogens is 331 g/mol. The fourth-order valence-electron chi connectivity index (χ4n) is 2.58. The molecule has 5 heteroatoms. The van der Waals surface area contributed by atoms with Crippen molar-refractivity contribution in [2.45, 2.75) is 31.7 Å². The van der Waals surface area contributed by atoms with Crippen LogP contribution in [0, 0.1) is 5.82 Å². The summed E-state index contributed by atoms with van der Waals surface area (Å²) in [5, 5.41) is 3.72. The summed E-state index contributed by atoms with van der Waals surface area (Å²) in [6.45, 7) is 2.03. The van der Waals surface area contributed by atoms with Crippen molar-refractivity contribution < 1.29 is 4.39 Å². The third-order valence-electron chi connectivity index (χ3n) is 3.71. The monoisotopic (exact) mass is 348 g/mol. The molecule has 1 aromatic rings. The minimum absolute atomic E-state index is 0.325. The van der Waals surface area contributed by atoms with Gasteiger partial charge in [-0.25, -0.2) is 4.39 Å². The van der Waals surface area contributed by atoms with E-state index in [1.54, 1.807) is 0 Å². The first kappa shape index (κ1) is 15.1. The van der Waals surface area contributed by atoms with Gasteiger partial charge >= 0.3 is 0 Å². The van der Waals surface area contributed by atoms with Crippen molar-refractivity contribution in [2.75, 3.05) is 25.5 Å². The fraction of sp³-hybridized carbons (Fsp3) is 0.571. The minimum atomic E-state index is -0.325. The zero-order valence-corrected chi connectivity index (χ0v) is 13.4. The summed E-state index contributed by atoms with van der Waals surface area (Å²) in [4.78, 5) is 2.42. The largest absolute Gasteiger partial charge is 0.383 e. The van der Waals surface area contributed by atoms with E-state index in [4.69, 9.17) is 11.6 Å². The Labute approximate surface area is 127 Å². The molecule has 0 saturated carbocycles. The Balaban J connectivity index is 1.89. The first-order chi connectivity index (χ1) is 9.08. The molecule has 2 nitrogen and oxygen atoms in total. The smallest absolute Gasteiger partial charge is 0.125 e. The molecule has 0 aromatic heterocycles. The van der Waals surface area contributed by atoms with E-state index in [0.29, 0.717) is 15.5 Å². The summed E-state index contributed by atoms with van der Waals surface area (Å²) in [5.74, 6) is -0.325. The molecule has 0 radical (unpaired) electrons. The molecular formula is C14H19BrClFN2. The van der Waals surface area contributed by atoms with E-state index >= 15 is 0 Å². The SMILES string of the molecule is CN1CCCCC1CCNc1c(Cl)cc(F)cc1Br. The van der Waals surface area contributed by atoms with E-state index in [0.717, 1.165) is 18.7 Å².